The molecule has 0 aliphatic heterocycles. The molecular weight excluding hydrogens is 945 g/mol. The number of hydrogen-bond acceptors (Lipinski definition) is 8. The molecule has 1 aliphatic carbocycles. The molecule has 0 radical (unpaired) electrons. The lowest BCUT2D eigenvalue weighted by molar-refractivity contribution is 0.0722. The van der Waals surface area contributed by atoms with Crippen molar-refractivity contribution in [2.75, 3.05) is 0 Å². The van der Waals surface area contributed by atoms with E-state index in [4.69, 9.17) is 18.9 Å². The summed E-state index contributed by atoms with van der Waals surface area (Å²) in [6, 6.07) is 51.1. The molecule has 0 amide bonds. The van der Waals surface area contributed by atoms with Gasteiger partial charge in [-0.2, -0.15) is 0 Å². The third-order valence-corrected chi connectivity index (χ3v) is 13.1. The Hall–Kier alpha value is -9.40. The number of fused-ring (bicyclic) bond motifs is 8. The van der Waals surface area contributed by atoms with Gasteiger partial charge in [0.1, 0.15) is 23.0 Å². The molecular formula is C68H56O8. The van der Waals surface area contributed by atoms with Crippen LogP contribution in [-0.2, 0) is 51.4 Å². The summed E-state index contributed by atoms with van der Waals surface area (Å²) in [5.41, 5.74) is 9.92. The van der Waals surface area contributed by atoms with Crippen molar-refractivity contribution in [3.63, 3.8) is 0 Å². The van der Waals surface area contributed by atoms with E-state index in [0.717, 1.165) is 22.3 Å². The smallest absolute Gasteiger partial charge is 0.343 e. The average Bonchev–Trinajstić information content (AvgIpc) is 3.44. The number of carbonyl (C=O) groups excluding carboxylic acids is 4. The van der Waals surface area contributed by atoms with Crippen molar-refractivity contribution in [2.24, 2.45) is 0 Å². The third kappa shape index (κ3) is 12.2. The van der Waals surface area contributed by atoms with Crippen LogP contribution >= 0.6 is 0 Å². The van der Waals surface area contributed by atoms with E-state index in [2.05, 4.69) is 26.3 Å². The van der Waals surface area contributed by atoms with Crippen LogP contribution in [0.1, 0.15) is 108 Å². The number of hydrogen-bond donors (Lipinski definition) is 0. The summed E-state index contributed by atoms with van der Waals surface area (Å²) in [6.45, 7) is 16.3. The van der Waals surface area contributed by atoms with Crippen LogP contribution in [0, 0.1) is 0 Å². The summed E-state index contributed by atoms with van der Waals surface area (Å²) < 4.78 is 26.4. The monoisotopic (exact) mass is 1000 g/mol. The van der Waals surface area contributed by atoms with Crippen molar-refractivity contribution in [1.29, 1.82) is 0 Å². The molecule has 0 unspecified atom stereocenters. The van der Waals surface area contributed by atoms with Gasteiger partial charge in [0.15, 0.2) is 0 Å². The lowest BCUT2D eigenvalue weighted by Crippen LogP contribution is -2.16. The maximum Gasteiger partial charge on any atom is 0.343 e. The summed E-state index contributed by atoms with van der Waals surface area (Å²) >= 11 is 0. The highest BCUT2D eigenvalue weighted by atomic mass is 16.5. The maximum absolute atomic E-state index is 14.4. The Morgan fingerprint density at radius 2 is 0.474 bits per heavy atom. The van der Waals surface area contributed by atoms with E-state index in [-0.39, 0.29) is 25.7 Å². The Morgan fingerprint density at radius 3 is 0.632 bits per heavy atom. The molecule has 76 heavy (non-hydrogen) atoms. The molecule has 0 N–H and O–H groups in total. The fourth-order valence-electron chi connectivity index (χ4n) is 9.74. The quantitative estimate of drug-likeness (QED) is 0.0535. The second-order valence-corrected chi connectivity index (χ2v) is 18.7. The molecule has 1 aliphatic rings. The topological polar surface area (TPSA) is 105 Å². The first-order chi connectivity index (χ1) is 37.1. The van der Waals surface area contributed by atoms with Crippen LogP contribution in [0.2, 0.25) is 0 Å². The Morgan fingerprint density at radius 1 is 0.303 bits per heavy atom. The van der Waals surface area contributed by atoms with Crippen molar-refractivity contribution >= 4 is 23.9 Å². The van der Waals surface area contributed by atoms with Crippen LogP contribution in [-0.4, -0.2) is 23.9 Å². The molecule has 376 valence electrons. The maximum atomic E-state index is 14.4. The van der Waals surface area contributed by atoms with Crippen molar-refractivity contribution in [3.05, 3.63) is 309 Å². The number of allylic oxidation sites excluding steroid dienone is 4. The minimum absolute atomic E-state index is 0.125. The number of benzene rings is 8. The molecule has 8 nitrogen and oxygen atoms in total. The summed E-state index contributed by atoms with van der Waals surface area (Å²) in [7, 11) is 0. The Bertz CT molecular complexity index is 2940. The lowest BCUT2D eigenvalue weighted by atomic mass is 9.87. The molecule has 8 bridgehead atoms. The van der Waals surface area contributed by atoms with E-state index in [1.165, 1.54) is 0 Å². The first kappa shape index (κ1) is 51.5. The minimum Gasteiger partial charge on any atom is -0.422 e. The highest BCUT2D eigenvalue weighted by Crippen LogP contribution is 2.42. The van der Waals surface area contributed by atoms with E-state index in [1.54, 1.807) is 97.1 Å². The Labute approximate surface area is 443 Å². The standard InChI is InChI=1S/C68H56O8/c1-5-21-45-33-53-41-55-35-46(22-6-2)37-57(62(55)74-66(70)50-27-15-10-16-28-50)43-59-39-48(24-8-4)40-60(64(59)76-68(72)52-31-19-12-20-32-52)44-58-38-47(23-7-3)36-56(63(58)75-67(71)51-29-17-11-18-30-51)42-54(34-45)61(53)73-65(69)49-25-13-9-14-26-49/h5-20,25-40H,1-4,21-24,41-44H2. The molecule has 8 aromatic carbocycles. The highest BCUT2D eigenvalue weighted by Gasteiger charge is 2.28. The Balaban J connectivity index is 1.38. The van der Waals surface area contributed by atoms with Crippen LogP contribution in [0.5, 0.6) is 23.0 Å². The number of ether oxygens (including phenoxy) is 4. The SMILES string of the molecule is C=CCc1cc2c(OC(=O)c3ccccc3)c(c1)Cc1cc(CC=C)cc(c1OC(=O)c1ccccc1)Cc1cc(CC=C)cc(c1OC(=O)c1ccccc1)Cc1cc(CC=C)cc(c1OC(=O)c1ccccc1)C2. The van der Waals surface area contributed by atoms with Crippen molar-refractivity contribution in [2.45, 2.75) is 51.4 Å². The first-order valence-corrected chi connectivity index (χ1v) is 25.2. The normalized spacial score (nSPS) is 11.6. The Kier molecular flexibility index (Phi) is 16.3. The summed E-state index contributed by atoms with van der Waals surface area (Å²) in [5.74, 6) is -1.10. The fraction of sp³-hybridized carbons (Fsp3) is 0.118. The largest absolute Gasteiger partial charge is 0.422 e. The zero-order chi connectivity index (χ0) is 53.0. The van der Waals surface area contributed by atoms with Gasteiger partial charge >= 0.3 is 23.9 Å². The van der Waals surface area contributed by atoms with Crippen molar-refractivity contribution in [3.8, 4) is 23.0 Å². The summed E-state index contributed by atoms with van der Waals surface area (Å²) in [6.07, 6.45) is 9.62. The summed E-state index contributed by atoms with van der Waals surface area (Å²) in [4.78, 5) is 57.7. The van der Waals surface area contributed by atoms with Gasteiger partial charge in [-0.05, 0) is 96.5 Å². The zero-order valence-electron chi connectivity index (χ0n) is 42.2. The molecule has 0 saturated carbocycles. The van der Waals surface area contributed by atoms with E-state index in [0.29, 0.717) is 115 Å². The van der Waals surface area contributed by atoms with Gasteiger partial charge in [-0.15, -0.1) is 26.3 Å². The molecule has 0 atom stereocenters. The zero-order valence-corrected chi connectivity index (χ0v) is 42.2. The first-order valence-electron chi connectivity index (χ1n) is 25.2. The third-order valence-electron chi connectivity index (χ3n) is 13.1. The number of esters is 4. The van der Waals surface area contributed by atoms with Gasteiger partial charge in [0, 0.05) is 70.2 Å². The van der Waals surface area contributed by atoms with Crippen molar-refractivity contribution < 1.29 is 38.1 Å². The van der Waals surface area contributed by atoms with Gasteiger partial charge in [0.2, 0.25) is 0 Å². The van der Waals surface area contributed by atoms with Crippen LogP contribution in [0.3, 0.4) is 0 Å². The van der Waals surface area contributed by atoms with Gasteiger partial charge < -0.3 is 18.9 Å². The molecule has 9 rings (SSSR count). The molecule has 0 heterocycles. The van der Waals surface area contributed by atoms with E-state index < -0.39 is 23.9 Å². The van der Waals surface area contributed by atoms with Crippen LogP contribution in [0.4, 0.5) is 0 Å². The van der Waals surface area contributed by atoms with Gasteiger partial charge in [0.05, 0.1) is 22.3 Å². The molecule has 0 aromatic heterocycles. The molecule has 0 fully saturated rings. The molecule has 0 saturated heterocycles. The van der Waals surface area contributed by atoms with E-state index in [9.17, 15) is 19.2 Å². The minimum atomic E-state index is -0.575. The van der Waals surface area contributed by atoms with Crippen LogP contribution in [0.15, 0.2) is 220 Å². The van der Waals surface area contributed by atoms with E-state index >= 15 is 0 Å². The molecule has 8 heteroatoms. The molecule has 8 aromatic rings. The second kappa shape index (κ2) is 24.1. The van der Waals surface area contributed by atoms with Gasteiger partial charge in [-0.1, -0.05) is 146 Å². The fourth-order valence-corrected chi connectivity index (χ4v) is 9.74. The average molecular weight is 1000 g/mol. The van der Waals surface area contributed by atoms with Crippen molar-refractivity contribution in [1.82, 2.24) is 0 Å². The van der Waals surface area contributed by atoms with E-state index in [1.807, 2.05) is 97.1 Å². The second-order valence-electron chi connectivity index (χ2n) is 18.7. The predicted octanol–water partition coefficient (Wildman–Crippen LogP) is 14.2. The van der Waals surface area contributed by atoms with Gasteiger partial charge in [-0.25, -0.2) is 19.2 Å². The van der Waals surface area contributed by atoms with Gasteiger partial charge in [-0.3, -0.25) is 0 Å². The number of carbonyl (C=O) groups is 4. The highest BCUT2D eigenvalue weighted by molar-refractivity contribution is 5.94. The van der Waals surface area contributed by atoms with Crippen LogP contribution < -0.4 is 18.9 Å². The summed E-state index contributed by atoms with van der Waals surface area (Å²) in [5, 5.41) is 0. The number of rotatable bonds is 16. The van der Waals surface area contributed by atoms with Crippen LogP contribution in [0.25, 0.3) is 0 Å². The lowest BCUT2D eigenvalue weighted by Gasteiger charge is -2.24. The predicted molar refractivity (Wildman–Crippen MR) is 298 cm³/mol. The molecule has 0 spiro atoms. The van der Waals surface area contributed by atoms with Gasteiger partial charge in [0.25, 0.3) is 0 Å².